The molecule has 6 heteroatoms. The van der Waals surface area contributed by atoms with Gasteiger partial charge in [-0.05, 0) is 24.8 Å². The number of aliphatic hydroxyl groups excluding tert-OH is 1. The van der Waals surface area contributed by atoms with E-state index in [1.54, 1.807) is 7.11 Å². The topological polar surface area (TPSA) is 55.8 Å². The predicted molar refractivity (Wildman–Crippen MR) is 108 cm³/mol. The Morgan fingerprint density at radius 2 is 2.12 bits per heavy atom. The number of carbonyl (C=O) groups excluding carboxylic acids is 1. The second-order valence-corrected chi connectivity index (χ2v) is 9.17. The summed E-state index contributed by atoms with van der Waals surface area (Å²) in [7, 11) is 1.17. The predicted octanol–water partition coefficient (Wildman–Crippen LogP) is 4.13. The van der Waals surface area contributed by atoms with Gasteiger partial charge in [0, 0.05) is 24.9 Å². The number of ether oxygens (including phenoxy) is 2. The van der Waals surface area contributed by atoms with Crippen LogP contribution in [0.25, 0.3) is 0 Å². The molecule has 1 aromatic carbocycles. The van der Waals surface area contributed by atoms with E-state index in [9.17, 15) is 9.90 Å². The van der Waals surface area contributed by atoms with Crippen molar-refractivity contribution in [3.8, 4) is 0 Å². The van der Waals surface area contributed by atoms with Crippen molar-refractivity contribution >= 4 is 25.3 Å². The first-order valence-corrected chi connectivity index (χ1v) is 11.9. The molecule has 1 fully saturated rings. The molecule has 4 nitrogen and oxygen atoms in total. The van der Waals surface area contributed by atoms with Crippen LogP contribution in [0.1, 0.15) is 32.3 Å². The van der Waals surface area contributed by atoms with Crippen molar-refractivity contribution in [2.45, 2.75) is 50.4 Å². The quantitative estimate of drug-likeness (QED) is 0.538. The van der Waals surface area contributed by atoms with Crippen molar-refractivity contribution < 1.29 is 19.4 Å². The molecule has 0 aromatic heterocycles. The molecule has 1 heterocycles. The third-order valence-corrected chi connectivity index (χ3v) is 7.71. The first kappa shape index (κ1) is 22.6. The molecule has 2 rings (SSSR count). The fourth-order valence-electron chi connectivity index (χ4n) is 3.07. The number of methoxy groups -OCH3 is 1. The van der Waals surface area contributed by atoms with Crippen molar-refractivity contribution in [1.82, 2.24) is 0 Å². The van der Waals surface area contributed by atoms with Gasteiger partial charge in [-0.2, -0.15) is 0 Å². The van der Waals surface area contributed by atoms with Crippen molar-refractivity contribution in [2.24, 2.45) is 0 Å². The van der Waals surface area contributed by atoms with Crippen LogP contribution in [-0.2, 0) is 20.4 Å². The van der Waals surface area contributed by atoms with E-state index in [0.29, 0.717) is 25.2 Å². The Morgan fingerprint density at radius 1 is 1.44 bits per heavy atom. The van der Waals surface area contributed by atoms with Gasteiger partial charge in [-0.1, -0.05) is 63.9 Å². The highest BCUT2D eigenvalue weighted by atomic mass is 32.2. The number of thioether (sulfide) groups is 1. The highest BCUT2D eigenvalue weighted by molar-refractivity contribution is 8.12. The van der Waals surface area contributed by atoms with Gasteiger partial charge in [0.25, 0.3) is 0 Å². The minimum Gasteiger partial charge on any atom is -0.393 e. The summed E-state index contributed by atoms with van der Waals surface area (Å²) in [5, 5.41) is 10.1. The summed E-state index contributed by atoms with van der Waals surface area (Å²) in [6.07, 6.45) is 1.64. The lowest BCUT2D eigenvalue weighted by atomic mass is 10.00. The number of rotatable bonds is 8. The largest absolute Gasteiger partial charge is 0.393 e. The zero-order chi connectivity index (χ0) is 18.7. The highest BCUT2D eigenvalue weighted by Crippen LogP contribution is 2.50. The molecule has 142 valence electrons. The van der Waals surface area contributed by atoms with E-state index >= 15 is 0 Å². The Bertz CT molecular complexity index is 488. The van der Waals surface area contributed by atoms with Gasteiger partial charge in [-0.3, -0.25) is 4.79 Å². The smallest absolute Gasteiger partial charge is 0.177 e. The molecule has 1 aliphatic rings. The van der Waals surface area contributed by atoms with E-state index < -0.39 is 19.8 Å². The average Bonchev–Trinajstić information content (AvgIpc) is 2.64. The summed E-state index contributed by atoms with van der Waals surface area (Å²) in [5.74, 6) is -0.137. The second-order valence-electron chi connectivity index (χ2n) is 5.86. The molecule has 0 saturated carbocycles. The van der Waals surface area contributed by atoms with Crippen LogP contribution in [0.2, 0.25) is 0 Å². The molecule has 1 aliphatic heterocycles. The Kier molecular flexibility index (Phi) is 10.9. The first-order valence-electron chi connectivity index (χ1n) is 8.78. The average molecular weight is 386 g/mol. The van der Waals surface area contributed by atoms with Gasteiger partial charge in [0.05, 0.1) is 12.7 Å². The Labute approximate surface area is 157 Å². The number of benzene rings is 1. The molecule has 4 unspecified atom stereocenters. The van der Waals surface area contributed by atoms with E-state index in [0.717, 1.165) is 11.8 Å². The van der Waals surface area contributed by atoms with Crippen LogP contribution in [0.3, 0.4) is 0 Å². The summed E-state index contributed by atoms with van der Waals surface area (Å²) in [6.45, 7) is 6.72. The molecule has 4 atom stereocenters. The van der Waals surface area contributed by atoms with Crippen LogP contribution in [0.4, 0.5) is 0 Å². The standard InChI is InChI=1S/C17H25O4PS.C2H6/c1-20-17(10-15(19)8-9-21-17)16(12-23-13-18)22(2)11-14-6-4-3-5-7-14;1-2/h3-7,13,15-16,19H,8-12H2,1-2H3;1-2H3. The van der Waals surface area contributed by atoms with Gasteiger partial charge in [0.15, 0.2) is 11.4 Å². The van der Waals surface area contributed by atoms with E-state index in [1.807, 2.05) is 32.0 Å². The van der Waals surface area contributed by atoms with E-state index in [4.69, 9.17) is 9.47 Å². The van der Waals surface area contributed by atoms with Gasteiger partial charge >= 0.3 is 0 Å². The van der Waals surface area contributed by atoms with Gasteiger partial charge in [-0.25, -0.2) is 0 Å². The molecular formula is C19H31O4PS. The molecule has 25 heavy (non-hydrogen) atoms. The Morgan fingerprint density at radius 3 is 2.68 bits per heavy atom. The SMILES string of the molecule is CC.COC1(C(CSC=O)P(C)Cc2ccccc2)CC(O)CCO1. The van der Waals surface area contributed by atoms with E-state index in [-0.39, 0.29) is 5.66 Å². The normalized spacial score (nSPS) is 25.4. The zero-order valence-electron chi connectivity index (χ0n) is 15.7. The molecule has 0 radical (unpaired) electrons. The maximum absolute atomic E-state index is 10.9. The van der Waals surface area contributed by atoms with Crippen LogP contribution in [-0.4, -0.2) is 54.4 Å². The number of hydrogen-bond acceptors (Lipinski definition) is 5. The van der Waals surface area contributed by atoms with Gasteiger partial charge in [0.2, 0.25) is 0 Å². The monoisotopic (exact) mass is 386 g/mol. The third-order valence-electron chi connectivity index (χ3n) is 4.30. The van der Waals surface area contributed by atoms with Gasteiger partial charge in [0.1, 0.15) is 0 Å². The van der Waals surface area contributed by atoms with Crippen molar-refractivity contribution in [1.29, 1.82) is 0 Å². The van der Waals surface area contributed by atoms with Gasteiger partial charge < -0.3 is 14.6 Å². The Hall–Kier alpha value is -0.450. The number of aliphatic hydroxyl groups is 1. The molecule has 1 aromatic rings. The van der Waals surface area contributed by atoms with Crippen LogP contribution in [0, 0.1) is 0 Å². The fraction of sp³-hybridized carbons (Fsp3) is 0.632. The summed E-state index contributed by atoms with van der Waals surface area (Å²) in [6, 6.07) is 10.3. The first-order chi connectivity index (χ1) is 12.1. The van der Waals surface area contributed by atoms with Crippen molar-refractivity contribution in [3.05, 3.63) is 35.9 Å². The highest BCUT2D eigenvalue weighted by Gasteiger charge is 2.46. The number of carbonyl (C=O) groups is 1. The van der Waals surface area contributed by atoms with Gasteiger partial charge in [-0.15, -0.1) is 0 Å². The minimum atomic E-state index is -0.789. The molecule has 1 saturated heterocycles. The maximum atomic E-state index is 10.9. The molecule has 0 bridgehead atoms. The second kappa shape index (κ2) is 12.0. The van der Waals surface area contributed by atoms with Crippen LogP contribution in [0.5, 0.6) is 0 Å². The summed E-state index contributed by atoms with van der Waals surface area (Å²) in [4.78, 5) is 10.9. The minimum absolute atomic E-state index is 0.0906. The molecule has 0 spiro atoms. The molecule has 1 N–H and O–H groups in total. The van der Waals surface area contributed by atoms with E-state index in [2.05, 4.69) is 18.8 Å². The lowest BCUT2D eigenvalue weighted by Crippen LogP contribution is -2.52. The molecule has 0 aliphatic carbocycles. The van der Waals surface area contributed by atoms with Crippen LogP contribution >= 0.6 is 19.7 Å². The summed E-state index contributed by atoms with van der Waals surface area (Å²) >= 11 is 1.26. The van der Waals surface area contributed by atoms with Crippen LogP contribution < -0.4 is 0 Å². The lowest BCUT2D eigenvalue weighted by Gasteiger charge is -2.45. The molecular weight excluding hydrogens is 355 g/mol. The summed E-state index contributed by atoms with van der Waals surface area (Å²) < 4.78 is 11.8. The Balaban J connectivity index is 0.00000151. The maximum Gasteiger partial charge on any atom is 0.177 e. The molecule has 0 amide bonds. The lowest BCUT2D eigenvalue weighted by molar-refractivity contribution is -0.257. The fourth-order valence-corrected chi connectivity index (χ4v) is 6.82. The zero-order valence-corrected chi connectivity index (χ0v) is 17.4. The van der Waals surface area contributed by atoms with Crippen molar-refractivity contribution in [3.63, 3.8) is 0 Å². The summed E-state index contributed by atoms with van der Waals surface area (Å²) in [5.41, 5.74) is 2.25. The van der Waals surface area contributed by atoms with E-state index in [1.165, 1.54) is 17.3 Å². The third kappa shape index (κ3) is 6.65. The number of hydrogen-bond donors (Lipinski definition) is 1. The van der Waals surface area contributed by atoms with Crippen molar-refractivity contribution in [2.75, 3.05) is 26.1 Å². The van der Waals surface area contributed by atoms with Crippen LogP contribution in [0.15, 0.2) is 30.3 Å².